The van der Waals surface area contributed by atoms with E-state index < -0.39 is 12.4 Å². The molecule has 0 saturated heterocycles. The molecule has 0 unspecified atom stereocenters. The fourth-order valence-electron chi connectivity index (χ4n) is 3.93. The van der Waals surface area contributed by atoms with Gasteiger partial charge in [0, 0.05) is 12.4 Å². The molecule has 1 N–H and O–H groups in total. The molecular formula is C24H53NP2S2. The van der Waals surface area contributed by atoms with Gasteiger partial charge in [-0.25, -0.2) is 0 Å². The quantitative estimate of drug-likeness (QED) is 0.122. The Bertz CT molecular complexity index is 382. The zero-order valence-corrected chi connectivity index (χ0v) is 23.8. The van der Waals surface area contributed by atoms with Crippen LogP contribution in [0.3, 0.4) is 0 Å². The molecule has 0 aliphatic rings. The fraction of sp³-hybridized carbons (Fsp3) is 1.00. The van der Waals surface area contributed by atoms with Crippen molar-refractivity contribution in [1.29, 1.82) is 0 Å². The van der Waals surface area contributed by atoms with Gasteiger partial charge in [0.15, 0.2) is 0 Å². The van der Waals surface area contributed by atoms with Gasteiger partial charge in [-0.1, -0.05) is 128 Å². The fourth-order valence-corrected chi connectivity index (χ4v) is 16.4. The van der Waals surface area contributed by atoms with Gasteiger partial charge in [0.05, 0.1) is 0 Å². The predicted molar refractivity (Wildman–Crippen MR) is 148 cm³/mol. The maximum atomic E-state index is 6.41. The van der Waals surface area contributed by atoms with Gasteiger partial charge in [-0.05, 0) is 50.3 Å². The van der Waals surface area contributed by atoms with E-state index in [1.807, 2.05) is 0 Å². The van der Waals surface area contributed by atoms with Crippen LogP contribution in [0, 0.1) is 0 Å². The van der Waals surface area contributed by atoms with Gasteiger partial charge < -0.3 is 0 Å². The Morgan fingerprint density at radius 3 is 0.862 bits per heavy atom. The minimum atomic E-state index is -1.50. The largest absolute Gasteiger partial charge is 0.259 e. The Morgan fingerprint density at radius 1 is 0.414 bits per heavy atom. The highest BCUT2D eigenvalue weighted by Crippen LogP contribution is 2.57. The Hall–Kier alpha value is 1.26. The zero-order valence-electron chi connectivity index (χ0n) is 20.4. The maximum absolute atomic E-state index is 6.41. The van der Waals surface area contributed by atoms with Gasteiger partial charge >= 0.3 is 0 Å². The molecule has 176 valence electrons. The van der Waals surface area contributed by atoms with Crippen LogP contribution in [0.5, 0.6) is 0 Å². The molecule has 0 rings (SSSR count). The van der Waals surface area contributed by atoms with Gasteiger partial charge in [0.2, 0.25) is 0 Å². The maximum Gasteiger partial charge on any atom is 0.0164 e. The lowest BCUT2D eigenvalue weighted by Gasteiger charge is -2.33. The van der Waals surface area contributed by atoms with Crippen molar-refractivity contribution in [2.75, 3.05) is 24.6 Å². The molecule has 0 heterocycles. The van der Waals surface area contributed by atoms with E-state index in [-0.39, 0.29) is 0 Å². The molecule has 0 saturated carbocycles. The van der Waals surface area contributed by atoms with Crippen molar-refractivity contribution < 1.29 is 0 Å². The lowest BCUT2D eigenvalue weighted by Crippen LogP contribution is -2.17. The van der Waals surface area contributed by atoms with Crippen LogP contribution in [0.2, 0.25) is 0 Å². The van der Waals surface area contributed by atoms with Crippen molar-refractivity contribution in [3.05, 3.63) is 0 Å². The van der Waals surface area contributed by atoms with Gasteiger partial charge in [-0.2, -0.15) is 0 Å². The Balaban J connectivity index is 5.01. The van der Waals surface area contributed by atoms with Gasteiger partial charge in [0.25, 0.3) is 0 Å². The average Bonchev–Trinajstić information content (AvgIpc) is 2.70. The summed E-state index contributed by atoms with van der Waals surface area (Å²) in [6, 6.07) is 0. The summed E-state index contributed by atoms with van der Waals surface area (Å²) >= 11 is 12.8. The van der Waals surface area contributed by atoms with Gasteiger partial charge in [-0.3, -0.25) is 4.86 Å². The van der Waals surface area contributed by atoms with Crippen molar-refractivity contribution in [2.45, 2.75) is 130 Å². The molecule has 0 aromatic rings. The average molecular weight is 482 g/mol. The molecule has 0 atom stereocenters. The van der Waals surface area contributed by atoms with Crippen LogP contribution >= 0.6 is 12.4 Å². The van der Waals surface area contributed by atoms with E-state index >= 15 is 0 Å². The molecule has 0 radical (unpaired) electrons. The van der Waals surface area contributed by atoms with E-state index in [1.54, 1.807) is 0 Å². The van der Waals surface area contributed by atoms with E-state index in [0.29, 0.717) is 0 Å². The van der Waals surface area contributed by atoms with Crippen LogP contribution in [-0.4, -0.2) is 24.6 Å². The SMILES string of the molecule is CCCCCCP(=S)(CCCCCC)NP(=S)(CCCCCC)CCCCCC. The molecule has 1 nitrogen and oxygen atoms in total. The standard InChI is InChI=1S/C24H53NP2S2/c1-5-9-13-17-21-26(28,22-18-14-10-6-2)25-27(29,23-19-15-11-7-3)24-20-16-12-8-4/h5-24H2,1-4H3,(H,25,28,29). The Morgan fingerprint density at radius 2 is 0.655 bits per heavy atom. The number of hydrogen-bond donors (Lipinski definition) is 1. The lowest BCUT2D eigenvalue weighted by molar-refractivity contribution is 0.692. The predicted octanol–water partition coefficient (Wildman–Crippen LogP) is 9.69. The molecule has 0 aliphatic heterocycles. The lowest BCUT2D eigenvalue weighted by atomic mass is 10.2. The Labute approximate surface area is 195 Å². The molecular weight excluding hydrogens is 428 g/mol. The van der Waals surface area contributed by atoms with Crippen LogP contribution < -0.4 is 4.86 Å². The summed E-state index contributed by atoms with van der Waals surface area (Å²) in [7, 11) is 0. The first-order valence-electron chi connectivity index (χ1n) is 12.9. The minimum Gasteiger partial charge on any atom is -0.259 e. The Kier molecular flexibility index (Phi) is 20.8. The number of nitrogens with one attached hydrogen (secondary N) is 1. The molecule has 5 heteroatoms. The van der Waals surface area contributed by atoms with Crippen molar-refractivity contribution >= 4 is 36.0 Å². The molecule has 0 aliphatic carbocycles. The summed E-state index contributed by atoms with van der Waals surface area (Å²) in [5.41, 5.74) is 0. The third kappa shape index (κ3) is 17.5. The molecule has 0 spiro atoms. The van der Waals surface area contributed by atoms with Crippen molar-refractivity contribution in [1.82, 2.24) is 4.86 Å². The van der Waals surface area contributed by atoms with Crippen molar-refractivity contribution in [2.24, 2.45) is 0 Å². The summed E-state index contributed by atoms with van der Waals surface area (Å²) in [4.78, 5) is 4.17. The third-order valence-corrected chi connectivity index (χ3v) is 16.6. The van der Waals surface area contributed by atoms with Gasteiger partial charge in [0.1, 0.15) is 0 Å². The zero-order chi connectivity index (χ0) is 21.8. The van der Waals surface area contributed by atoms with E-state index in [2.05, 4.69) is 32.6 Å². The summed E-state index contributed by atoms with van der Waals surface area (Å²) in [6.07, 6.45) is 23.3. The van der Waals surface area contributed by atoms with E-state index in [1.165, 1.54) is 127 Å². The van der Waals surface area contributed by atoms with E-state index in [4.69, 9.17) is 23.6 Å². The molecule has 29 heavy (non-hydrogen) atoms. The summed E-state index contributed by atoms with van der Waals surface area (Å²) in [5.74, 6) is 0. The normalized spacial score (nSPS) is 12.6. The second-order valence-corrected chi connectivity index (χ2v) is 19.4. The molecule has 0 bridgehead atoms. The van der Waals surface area contributed by atoms with Gasteiger partial charge in [-0.15, -0.1) is 0 Å². The van der Waals surface area contributed by atoms with Crippen molar-refractivity contribution in [3.63, 3.8) is 0 Å². The minimum absolute atomic E-state index is 1.25. The first kappa shape index (κ1) is 30.3. The third-order valence-electron chi connectivity index (χ3n) is 5.86. The topological polar surface area (TPSA) is 12.0 Å². The summed E-state index contributed by atoms with van der Waals surface area (Å²) in [5, 5.41) is 0. The summed E-state index contributed by atoms with van der Waals surface area (Å²) in [6.45, 7) is 9.19. The van der Waals surface area contributed by atoms with Crippen LogP contribution in [0.15, 0.2) is 0 Å². The summed E-state index contributed by atoms with van der Waals surface area (Å²) < 4.78 is 0. The second kappa shape index (κ2) is 19.9. The second-order valence-electron chi connectivity index (χ2n) is 9.02. The van der Waals surface area contributed by atoms with Crippen molar-refractivity contribution in [3.8, 4) is 0 Å². The van der Waals surface area contributed by atoms with E-state index in [0.717, 1.165) is 0 Å². The highest BCUT2D eigenvalue weighted by Gasteiger charge is 2.25. The monoisotopic (exact) mass is 481 g/mol. The highest BCUT2D eigenvalue weighted by molar-refractivity contribution is 8.22. The molecule has 0 fully saturated rings. The van der Waals surface area contributed by atoms with Crippen LogP contribution in [0.1, 0.15) is 130 Å². The molecule has 0 aromatic carbocycles. The van der Waals surface area contributed by atoms with E-state index in [9.17, 15) is 0 Å². The van der Waals surface area contributed by atoms with Crippen LogP contribution in [0.4, 0.5) is 0 Å². The molecule has 0 aromatic heterocycles. The number of rotatable bonds is 22. The number of hydrogen-bond acceptors (Lipinski definition) is 2. The first-order chi connectivity index (χ1) is 13.9. The van der Waals surface area contributed by atoms with Crippen LogP contribution in [-0.2, 0) is 23.6 Å². The van der Waals surface area contributed by atoms with Crippen LogP contribution in [0.25, 0.3) is 0 Å². The molecule has 0 amide bonds. The first-order valence-corrected chi connectivity index (χ1v) is 19.3. The smallest absolute Gasteiger partial charge is 0.0164 e. The number of unbranched alkanes of at least 4 members (excludes halogenated alkanes) is 12. The highest BCUT2D eigenvalue weighted by atomic mass is 32.5.